The Balaban J connectivity index is 1.54. The van der Waals surface area contributed by atoms with Crippen LogP contribution < -0.4 is 14.5 Å². The molecule has 0 spiro atoms. The number of aryl methyl sites for hydroxylation is 1. The van der Waals surface area contributed by atoms with Crippen molar-refractivity contribution in [2.24, 2.45) is 5.10 Å². The number of benzene rings is 3. The van der Waals surface area contributed by atoms with Gasteiger partial charge in [-0.1, -0.05) is 47.5 Å². The summed E-state index contributed by atoms with van der Waals surface area (Å²) in [6.45, 7) is 1.39. The molecule has 4 rings (SSSR count). The Hall–Kier alpha value is -3.95. The molecule has 0 bridgehead atoms. The number of hydrazone groups is 1. The van der Waals surface area contributed by atoms with E-state index in [-0.39, 0.29) is 10.0 Å². The number of sulfonamides is 1. The number of pyridine rings is 1. The number of aromatic nitrogens is 1. The molecule has 0 aliphatic heterocycles. The summed E-state index contributed by atoms with van der Waals surface area (Å²) < 4.78 is 33.0. The SMILES string of the molecule is COc1ccc2cc(/C=N/NC(=O)CN(c3ccccc3)S(=O)(=O)c3ccc(C)cc3)c(Cl)nc2c1. The van der Waals surface area contributed by atoms with E-state index in [0.717, 1.165) is 15.3 Å². The maximum absolute atomic E-state index is 13.4. The summed E-state index contributed by atoms with van der Waals surface area (Å²) in [6, 6.07) is 22.0. The Morgan fingerprint density at radius 1 is 1.08 bits per heavy atom. The molecule has 36 heavy (non-hydrogen) atoms. The Bertz CT molecular complexity index is 1530. The number of hydrogen-bond acceptors (Lipinski definition) is 6. The van der Waals surface area contributed by atoms with Gasteiger partial charge >= 0.3 is 0 Å². The van der Waals surface area contributed by atoms with Crippen molar-refractivity contribution in [3.05, 3.63) is 95.1 Å². The number of halogens is 1. The van der Waals surface area contributed by atoms with Gasteiger partial charge in [-0.2, -0.15) is 5.10 Å². The first kappa shape index (κ1) is 25.2. The quantitative estimate of drug-likeness (QED) is 0.208. The fourth-order valence-corrected chi connectivity index (χ4v) is 5.06. The minimum absolute atomic E-state index is 0.0823. The van der Waals surface area contributed by atoms with Crippen LogP contribution in [0.1, 0.15) is 11.1 Å². The van der Waals surface area contributed by atoms with Gasteiger partial charge in [-0.25, -0.2) is 18.8 Å². The van der Waals surface area contributed by atoms with Gasteiger partial charge in [-0.3, -0.25) is 9.10 Å². The van der Waals surface area contributed by atoms with Crippen LogP contribution in [0.15, 0.2) is 88.9 Å². The zero-order valence-electron chi connectivity index (χ0n) is 19.6. The minimum Gasteiger partial charge on any atom is -0.497 e. The van der Waals surface area contributed by atoms with Crippen LogP contribution in [0.2, 0.25) is 5.15 Å². The second-order valence-electron chi connectivity index (χ2n) is 7.88. The Labute approximate surface area is 214 Å². The molecule has 4 aromatic rings. The molecule has 0 aliphatic carbocycles. The number of hydrogen-bond donors (Lipinski definition) is 1. The van der Waals surface area contributed by atoms with Crippen LogP contribution in [0.5, 0.6) is 5.75 Å². The normalized spacial score (nSPS) is 11.5. The average Bonchev–Trinajstić information content (AvgIpc) is 2.88. The number of rotatable bonds is 8. The van der Waals surface area contributed by atoms with E-state index < -0.39 is 22.5 Å². The summed E-state index contributed by atoms with van der Waals surface area (Å²) in [4.78, 5) is 17.1. The maximum atomic E-state index is 13.4. The third-order valence-electron chi connectivity index (χ3n) is 5.34. The van der Waals surface area contributed by atoms with Gasteiger partial charge in [-0.15, -0.1) is 0 Å². The predicted octanol–water partition coefficient (Wildman–Crippen LogP) is 4.55. The standard InChI is InChI=1S/C26H23ClN4O4S/c1-18-8-12-23(13-9-18)36(33,34)31(21-6-4-3-5-7-21)17-25(32)30-28-16-20-14-19-10-11-22(35-2)15-24(19)29-26(20)27/h3-16H,17H2,1-2H3,(H,30,32)/b28-16+. The first-order chi connectivity index (χ1) is 17.3. The van der Waals surface area contributed by atoms with Crippen molar-refractivity contribution in [3.8, 4) is 5.75 Å². The summed E-state index contributed by atoms with van der Waals surface area (Å²) in [7, 11) is -2.43. The van der Waals surface area contributed by atoms with E-state index in [1.54, 1.807) is 67.8 Å². The van der Waals surface area contributed by atoms with Crippen molar-refractivity contribution in [2.75, 3.05) is 18.0 Å². The van der Waals surface area contributed by atoms with Crippen molar-refractivity contribution in [2.45, 2.75) is 11.8 Å². The molecule has 1 aromatic heterocycles. The topological polar surface area (TPSA) is 101 Å². The highest BCUT2D eigenvalue weighted by molar-refractivity contribution is 7.92. The highest BCUT2D eigenvalue weighted by atomic mass is 35.5. The van der Waals surface area contributed by atoms with E-state index in [0.29, 0.717) is 22.5 Å². The lowest BCUT2D eigenvalue weighted by Crippen LogP contribution is -2.39. The molecular weight excluding hydrogens is 500 g/mol. The molecule has 0 fully saturated rings. The highest BCUT2D eigenvalue weighted by Crippen LogP contribution is 2.25. The van der Waals surface area contributed by atoms with E-state index >= 15 is 0 Å². The molecule has 0 radical (unpaired) electrons. The van der Waals surface area contributed by atoms with E-state index in [1.165, 1.54) is 18.3 Å². The maximum Gasteiger partial charge on any atom is 0.264 e. The Kier molecular flexibility index (Phi) is 7.52. The number of carbonyl (C=O) groups excluding carboxylic acids is 1. The van der Waals surface area contributed by atoms with Crippen molar-refractivity contribution in [3.63, 3.8) is 0 Å². The largest absolute Gasteiger partial charge is 0.497 e. The third kappa shape index (κ3) is 5.64. The van der Waals surface area contributed by atoms with Gasteiger partial charge in [0.2, 0.25) is 0 Å². The molecule has 1 heterocycles. The van der Waals surface area contributed by atoms with Gasteiger partial charge in [-0.05, 0) is 49.4 Å². The third-order valence-corrected chi connectivity index (χ3v) is 7.43. The number of nitrogens with zero attached hydrogens (tertiary/aromatic N) is 3. The zero-order valence-corrected chi connectivity index (χ0v) is 21.1. The van der Waals surface area contributed by atoms with Crippen molar-refractivity contribution < 1.29 is 17.9 Å². The smallest absolute Gasteiger partial charge is 0.264 e. The average molecular weight is 523 g/mol. The van der Waals surface area contributed by atoms with Crippen LogP contribution in [0.3, 0.4) is 0 Å². The summed E-state index contributed by atoms with van der Waals surface area (Å²) in [6.07, 6.45) is 1.36. The van der Waals surface area contributed by atoms with E-state index in [1.807, 2.05) is 13.0 Å². The number of amides is 1. The molecule has 0 saturated heterocycles. The Morgan fingerprint density at radius 3 is 2.50 bits per heavy atom. The molecule has 3 aromatic carbocycles. The monoisotopic (exact) mass is 522 g/mol. The van der Waals surface area contributed by atoms with Crippen molar-refractivity contribution in [1.82, 2.24) is 10.4 Å². The molecular formula is C26H23ClN4O4S. The molecule has 0 atom stereocenters. The fourth-order valence-electron chi connectivity index (χ4n) is 3.44. The molecule has 1 amide bonds. The summed E-state index contributed by atoms with van der Waals surface area (Å²) >= 11 is 6.27. The highest BCUT2D eigenvalue weighted by Gasteiger charge is 2.27. The van der Waals surface area contributed by atoms with Crippen LogP contribution in [0, 0.1) is 6.92 Å². The lowest BCUT2D eigenvalue weighted by Gasteiger charge is -2.23. The molecule has 1 N–H and O–H groups in total. The molecule has 8 nitrogen and oxygen atoms in total. The van der Waals surface area contributed by atoms with Crippen LogP contribution in [-0.4, -0.2) is 39.2 Å². The number of fused-ring (bicyclic) bond motifs is 1. The molecule has 10 heteroatoms. The van der Waals surface area contributed by atoms with Gasteiger partial charge < -0.3 is 4.74 Å². The molecule has 0 aliphatic rings. The van der Waals surface area contributed by atoms with Gasteiger partial charge in [0.05, 0.1) is 29.4 Å². The van der Waals surface area contributed by atoms with Gasteiger partial charge in [0.1, 0.15) is 17.4 Å². The number of nitrogens with one attached hydrogen (secondary N) is 1. The van der Waals surface area contributed by atoms with Crippen LogP contribution in [-0.2, 0) is 14.8 Å². The fraction of sp³-hybridized carbons (Fsp3) is 0.115. The minimum atomic E-state index is -4.00. The van der Waals surface area contributed by atoms with Crippen molar-refractivity contribution >= 4 is 50.3 Å². The molecule has 0 saturated carbocycles. The lowest BCUT2D eigenvalue weighted by atomic mass is 10.1. The second-order valence-corrected chi connectivity index (χ2v) is 10.1. The van der Waals surface area contributed by atoms with Crippen LogP contribution in [0.4, 0.5) is 5.69 Å². The van der Waals surface area contributed by atoms with Crippen LogP contribution in [0.25, 0.3) is 10.9 Å². The number of para-hydroxylation sites is 1. The van der Waals surface area contributed by atoms with Crippen LogP contribution >= 0.6 is 11.6 Å². The summed E-state index contributed by atoms with van der Waals surface area (Å²) in [5.74, 6) is 0.0312. The van der Waals surface area contributed by atoms with Gasteiger partial charge in [0.15, 0.2) is 0 Å². The molecule has 0 unspecified atom stereocenters. The van der Waals surface area contributed by atoms with E-state index in [9.17, 15) is 13.2 Å². The van der Waals surface area contributed by atoms with E-state index in [2.05, 4.69) is 15.5 Å². The van der Waals surface area contributed by atoms with Crippen molar-refractivity contribution in [1.29, 1.82) is 0 Å². The number of carbonyl (C=O) groups is 1. The Morgan fingerprint density at radius 2 is 1.81 bits per heavy atom. The van der Waals surface area contributed by atoms with E-state index in [4.69, 9.17) is 16.3 Å². The predicted molar refractivity (Wildman–Crippen MR) is 141 cm³/mol. The van der Waals surface area contributed by atoms with Gasteiger partial charge in [0, 0.05) is 17.0 Å². The second kappa shape index (κ2) is 10.8. The number of ether oxygens (including phenoxy) is 1. The summed E-state index contributed by atoms with van der Waals surface area (Å²) in [5, 5.41) is 4.97. The lowest BCUT2D eigenvalue weighted by molar-refractivity contribution is -0.119. The summed E-state index contributed by atoms with van der Waals surface area (Å²) in [5.41, 5.74) is 4.80. The number of anilines is 1. The molecule has 184 valence electrons. The zero-order chi connectivity index (χ0) is 25.7. The first-order valence-electron chi connectivity index (χ1n) is 10.9. The first-order valence-corrected chi connectivity index (χ1v) is 12.7. The van der Waals surface area contributed by atoms with Gasteiger partial charge in [0.25, 0.3) is 15.9 Å². The number of methoxy groups -OCH3 is 1.